The van der Waals surface area contributed by atoms with Gasteiger partial charge in [0.25, 0.3) is 0 Å². The van der Waals surface area contributed by atoms with E-state index in [0.717, 1.165) is 32.4 Å². The highest BCUT2D eigenvalue weighted by molar-refractivity contribution is 5.76. The molecule has 18 heavy (non-hydrogen) atoms. The summed E-state index contributed by atoms with van der Waals surface area (Å²) in [6.45, 7) is 8.26. The summed E-state index contributed by atoms with van der Waals surface area (Å²) in [5.41, 5.74) is 6.15. The van der Waals surface area contributed by atoms with Gasteiger partial charge >= 0.3 is 0 Å². The number of hydrogen-bond acceptors (Lipinski definition) is 3. The third kappa shape index (κ3) is 11.9. The molecular weight excluding hydrogens is 226 g/mol. The highest BCUT2D eigenvalue weighted by atomic mass is 16.1. The van der Waals surface area contributed by atoms with E-state index in [0.29, 0.717) is 6.42 Å². The Hall–Kier alpha value is -0.610. The Morgan fingerprint density at radius 2 is 1.89 bits per heavy atom. The second kappa shape index (κ2) is 8.48. The summed E-state index contributed by atoms with van der Waals surface area (Å²) < 4.78 is 0. The van der Waals surface area contributed by atoms with Gasteiger partial charge in [-0.05, 0) is 45.3 Å². The van der Waals surface area contributed by atoms with Crippen molar-refractivity contribution in [2.45, 2.75) is 52.5 Å². The largest absolute Gasteiger partial charge is 0.356 e. The summed E-state index contributed by atoms with van der Waals surface area (Å²) in [7, 11) is 4.12. The predicted molar refractivity (Wildman–Crippen MR) is 77.5 cm³/mol. The first-order chi connectivity index (χ1) is 8.20. The van der Waals surface area contributed by atoms with Crippen LogP contribution in [0, 0.1) is 5.41 Å². The summed E-state index contributed by atoms with van der Waals surface area (Å²) in [5.74, 6) is 0.0802. The number of carbonyl (C=O) groups is 1. The summed E-state index contributed by atoms with van der Waals surface area (Å²) in [4.78, 5) is 13.8. The molecule has 108 valence electrons. The molecule has 0 saturated carbocycles. The van der Waals surface area contributed by atoms with Crippen molar-refractivity contribution >= 4 is 5.91 Å². The molecule has 0 spiro atoms. The number of nitrogens with one attached hydrogen (secondary N) is 1. The number of carbonyl (C=O) groups excluding carboxylic acids is 1. The first-order valence-electron chi connectivity index (χ1n) is 6.88. The van der Waals surface area contributed by atoms with E-state index < -0.39 is 0 Å². The van der Waals surface area contributed by atoms with E-state index >= 15 is 0 Å². The van der Waals surface area contributed by atoms with Crippen molar-refractivity contribution in [3.05, 3.63) is 0 Å². The molecule has 0 aromatic carbocycles. The quantitative estimate of drug-likeness (QED) is 0.649. The van der Waals surface area contributed by atoms with Crippen LogP contribution in [0.5, 0.6) is 0 Å². The Labute approximate surface area is 112 Å². The smallest absolute Gasteiger partial charge is 0.221 e. The maximum atomic E-state index is 11.6. The maximum Gasteiger partial charge on any atom is 0.221 e. The normalized spacial score (nSPS) is 13.7. The Kier molecular flexibility index (Phi) is 8.20. The number of unbranched alkanes of at least 4 members (excludes halogenated alkanes) is 1. The van der Waals surface area contributed by atoms with Crippen LogP contribution < -0.4 is 11.1 Å². The molecule has 3 N–H and O–H groups in total. The van der Waals surface area contributed by atoms with Crippen molar-refractivity contribution in [3.63, 3.8) is 0 Å². The van der Waals surface area contributed by atoms with Crippen LogP contribution in [0.3, 0.4) is 0 Å². The first kappa shape index (κ1) is 17.4. The molecule has 1 unspecified atom stereocenters. The summed E-state index contributed by atoms with van der Waals surface area (Å²) in [6.07, 6.45) is 3.45. The molecule has 0 radical (unpaired) electrons. The van der Waals surface area contributed by atoms with Gasteiger partial charge in [0.1, 0.15) is 0 Å². The van der Waals surface area contributed by atoms with Gasteiger partial charge in [-0.15, -0.1) is 0 Å². The molecule has 4 nitrogen and oxygen atoms in total. The van der Waals surface area contributed by atoms with E-state index in [9.17, 15) is 4.79 Å². The number of amides is 1. The molecule has 0 fully saturated rings. The van der Waals surface area contributed by atoms with Gasteiger partial charge in [0, 0.05) is 19.0 Å². The van der Waals surface area contributed by atoms with Crippen molar-refractivity contribution in [2.24, 2.45) is 11.1 Å². The molecule has 0 aliphatic heterocycles. The van der Waals surface area contributed by atoms with E-state index in [1.807, 2.05) is 0 Å². The van der Waals surface area contributed by atoms with Crippen LogP contribution in [0.4, 0.5) is 0 Å². The molecule has 0 rings (SSSR count). The number of hydrogen-bond donors (Lipinski definition) is 2. The average Bonchev–Trinajstić information content (AvgIpc) is 2.12. The molecule has 0 aliphatic carbocycles. The van der Waals surface area contributed by atoms with Crippen molar-refractivity contribution in [1.29, 1.82) is 0 Å². The average molecular weight is 257 g/mol. The van der Waals surface area contributed by atoms with E-state index in [1.165, 1.54) is 0 Å². The zero-order valence-electron chi connectivity index (χ0n) is 12.8. The molecular formula is C14H31N3O. The summed E-state index contributed by atoms with van der Waals surface area (Å²) in [5, 5.41) is 2.94. The minimum absolute atomic E-state index is 0.0354. The lowest BCUT2D eigenvalue weighted by atomic mass is 9.87. The number of nitrogens with zero attached hydrogens (tertiary/aromatic N) is 1. The van der Waals surface area contributed by atoms with Crippen LogP contribution in [0.2, 0.25) is 0 Å². The maximum absolute atomic E-state index is 11.6. The summed E-state index contributed by atoms with van der Waals surface area (Å²) in [6, 6.07) is -0.0354. The first-order valence-corrected chi connectivity index (χ1v) is 6.88. The van der Waals surface area contributed by atoms with Crippen LogP contribution in [0.25, 0.3) is 0 Å². The molecule has 0 aromatic heterocycles. The predicted octanol–water partition coefficient (Wildman–Crippen LogP) is 1.60. The molecule has 4 heteroatoms. The van der Waals surface area contributed by atoms with E-state index in [-0.39, 0.29) is 17.4 Å². The van der Waals surface area contributed by atoms with Gasteiger partial charge in [0.2, 0.25) is 5.91 Å². The van der Waals surface area contributed by atoms with Gasteiger partial charge < -0.3 is 16.0 Å². The van der Waals surface area contributed by atoms with E-state index in [4.69, 9.17) is 5.73 Å². The standard InChI is InChI=1S/C14H31N3O/c1-14(2,3)11-12(15)10-13(18)16-8-6-7-9-17(4)5/h12H,6-11,15H2,1-5H3,(H,16,18). The molecule has 0 aromatic rings. The van der Waals surface area contributed by atoms with E-state index in [1.54, 1.807) is 0 Å². The van der Waals surface area contributed by atoms with E-state index in [2.05, 4.69) is 45.1 Å². The van der Waals surface area contributed by atoms with Crippen LogP contribution in [0.15, 0.2) is 0 Å². The minimum atomic E-state index is -0.0354. The van der Waals surface area contributed by atoms with Crippen molar-refractivity contribution in [2.75, 3.05) is 27.2 Å². The highest BCUT2D eigenvalue weighted by Gasteiger charge is 2.17. The van der Waals surface area contributed by atoms with Crippen LogP contribution in [-0.2, 0) is 4.79 Å². The Morgan fingerprint density at radius 1 is 1.28 bits per heavy atom. The zero-order valence-corrected chi connectivity index (χ0v) is 12.8. The van der Waals surface area contributed by atoms with Gasteiger partial charge in [-0.3, -0.25) is 4.79 Å². The second-order valence-electron chi connectivity index (χ2n) is 6.59. The third-order valence-electron chi connectivity index (χ3n) is 2.68. The molecule has 0 aliphatic rings. The Balaban J connectivity index is 3.59. The van der Waals surface area contributed by atoms with Gasteiger partial charge in [-0.1, -0.05) is 20.8 Å². The fourth-order valence-electron chi connectivity index (χ4n) is 1.95. The Morgan fingerprint density at radius 3 is 2.39 bits per heavy atom. The topological polar surface area (TPSA) is 58.4 Å². The monoisotopic (exact) mass is 257 g/mol. The number of rotatable bonds is 8. The fourth-order valence-corrected chi connectivity index (χ4v) is 1.95. The molecule has 1 atom stereocenters. The molecule has 0 bridgehead atoms. The summed E-state index contributed by atoms with van der Waals surface area (Å²) >= 11 is 0. The van der Waals surface area contributed by atoms with Crippen molar-refractivity contribution < 1.29 is 4.79 Å². The van der Waals surface area contributed by atoms with Crippen LogP contribution in [-0.4, -0.2) is 44.0 Å². The second-order valence-corrected chi connectivity index (χ2v) is 6.59. The van der Waals surface area contributed by atoms with Crippen molar-refractivity contribution in [1.82, 2.24) is 10.2 Å². The lowest BCUT2D eigenvalue weighted by Crippen LogP contribution is -2.34. The Bertz CT molecular complexity index is 234. The van der Waals surface area contributed by atoms with Crippen LogP contribution >= 0.6 is 0 Å². The zero-order chi connectivity index (χ0) is 14.2. The molecule has 1 amide bonds. The lowest BCUT2D eigenvalue weighted by molar-refractivity contribution is -0.121. The molecule has 0 saturated heterocycles. The van der Waals surface area contributed by atoms with Gasteiger partial charge in [-0.25, -0.2) is 0 Å². The van der Waals surface area contributed by atoms with Crippen molar-refractivity contribution in [3.8, 4) is 0 Å². The fraction of sp³-hybridized carbons (Fsp3) is 0.929. The van der Waals surface area contributed by atoms with Gasteiger partial charge in [0.05, 0.1) is 0 Å². The third-order valence-corrected chi connectivity index (χ3v) is 2.68. The van der Waals surface area contributed by atoms with Gasteiger partial charge in [-0.2, -0.15) is 0 Å². The SMILES string of the molecule is CN(C)CCCCNC(=O)CC(N)CC(C)(C)C. The minimum Gasteiger partial charge on any atom is -0.356 e. The highest BCUT2D eigenvalue weighted by Crippen LogP contribution is 2.20. The number of nitrogens with two attached hydrogens (primary N) is 1. The lowest BCUT2D eigenvalue weighted by Gasteiger charge is -2.22. The van der Waals surface area contributed by atoms with Gasteiger partial charge in [0.15, 0.2) is 0 Å². The molecule has 0 heterocycles. The van der Waals surface area contributed by atoms with Crippen LogP contribution in [0.1, 0.15) is 46.5 Å².